The van der Waals surface area contributed by atoms with Crippen LogP contribution in [0.2, 0.25) is 5.02 Å². The minimum Gasteiger partial charge on any atom is -0.382 e. The Morgan fingerprint density at radius 1 is 1.19 bits per heavy atom. The summed E-state index contributed by atoms with van der Waals surface area (Å²) in [4.78, 5) is 11.4. The average Bonchev–Trinajstić information content (AvgIpc) is 3.12. The van der Waals surface area contributed by atoms with E-state index in [1.807, 2.05) is 6.07 Å². The van der Waals surface area contributed by atoms with E-state index in [1.165, 1.54) is 32.1 Å². The first-order valence-electron chi connectivity index (χ1n) is 7.99. The first-order chi connectivity index (χ1) is 10.1. The number of hydrogen-bond acceptors (Lipinski definition) is 2. The van der Waals surface area contributed by atoms with Crippen LogP contribution in [0.3, 0.4) is 0 Å². The molecule has 5 atom stereocenters. The number of hydrogen-bond donors (Lipinski definition) is 2. The standard InChI is InChI=1S/C17H21ClN2O/c18-15-5-4-10(8-14(15)17(19)21)20-16-7-9-6-13(16)12-3-1-2-11(9)12/h4-5,8-9,11-13,16,20H,1-3,6-7H2,(H2,19,21). The van der Waals surface area contributed by atoms with Gasteiger partial charge in [0.05, 0.1) is 10.6 Å². The smallest absolute Gasteiger partial charge is 0.250 e. The molecule has 112 valence electrons. The van der Waals surface area contributed by atoms with E-state index in [2.05, 4.69) is 5.32 Å². The highest BCUT2D eigenvalue weighted by molar-refractivity contribution is 6.33. The van der Waals surface area contributed by atoms with Gasteiger partial charge < -0.3 is 11.1 Å². The number of anilines is 1. The van der Waals surface area contributed by atoms with Gasteiger partial charge in [0.15, 0.2) is 0 Å². The van der Waals surface area contributed by atoms with Gasteiger partial charge in [-0.15, -0.1) is 0 Å². The Hall–Kier alpha value is -1.22. The fraction of sp³-hybridized carbons (Fsp3) is 0.588. The van der Waals surface area contributed by atoms with Crippen LogP contribution < -0.4 is 11.1 Å². The number of carbonyl (C=O) groups excluding carboxylic acids is 1. The van der Waals surface area contributed by atoms with Crippen LogP contribution in [0.1, 0.15) is 42.5 Å². The third-order valence-corrected chi connectivity index (χ3v) is 6.34. The zero-order chi connectivity index (χ0) is 14.6. The minimum atomic E-state index is -0.465. The number of nitrogens with one attached hydrogen (secondary N) is 1. The summed E-state index contributed by atoms with van der Waals surface area (Å²) in [7, 11) is 0. The molecule has 5 unspecified atom stereocenters. The molecule has 3 aliphatic rings. The van der Waals surface area contributed by atoms with Crippen LogP contribution in [-0.4, -0.2) is 11.9 Å². The topological polar surface area (TPSA) is 55.1 Å². The molecule has 0 spiro atoms. The van der Waals surface area contributed by atoms with E-state index >= 15 is 0 Å². The summed E-state index contributed by atoms with van der Waals surface area (Å²) in [5.41, 5.74) is 6.75. The number of primary amides is 1. The number of nitrogens with two attached hydrogens (primary N) is 1. The van der Waals surface area contributed by atoms with Gasteiger partial charge in [0.25, 0.3) is 0 Å². The molecule has 3 nitrogen and oxygen atoms in total. The zero-order valence-electron chi connectivity index (χ0n) is 12.0. The molecule has 0 saturated heterocycles. The normalized spacial score (nSPS) is 36.7. The second kappa shape index (κ2) is 4.91. The van der Waals surface area contributed by atoms with Crippen molar-refractivity contribution in [3.05, 3.63) is 28.8 Å². The summed E-state index contributed by atoms with van der Waals surface area (Å²) < 4.78 is 0. The third-order valence-electron chi connectivity index (χ3n) is 6.01. The maximum atomic E-state index is 11.4. The molecule has 4 heteroatoms. The van der Waals surface area contributed by atoms with Crippen molar-refractivity contribution < 1.29 is 4.79 Å². The summed E-state index contributed by atoms with van der Waals surface area (Å²) in [6.07, 6.45) is 6.95. The van der Waals surface area contributed by atoms with Gasteiger partial charge in [0.2, 0.25) is 5.91 Å². The lowest BCUT2D eigenvalue weighted by Crippen LogP contribution is -2.33. The zero-order valence-corrected chi connectivity index (χ0v) is 12.8. The predicted molar refractivity (Wildman–Crippen MR) is 84.4 cm³/mol. The van der Waals surface area contributed by atoms with Gasteiger partial charge in [0.1, 0.15) is 0 Å². The predicted octanol–water partition coefficient (Wildman–Crippen LogP) is 3.68. The molecule has 0 radical (unpaired) electrons. The molecular weight excluding hydrogens is 284 g/mol. The van der Waals surface area contributed by atoms with Crippen molar-refractivity contribution in [3.8, 4) is 0 Å². The van der Waals surface area contributed by atoms with Crippen LogP contribution in [-0.2, 0) is 0 Å². The lowest BCUT2D eigenvalue weighted by atomic mass is 9.79. The molecule has 1 aromatic carbocycles. The Kier molecular flexibility index (Phi) is 3.14. The number of carbonyl (C=O) groups is 1. The maximum absolute atomic E-state index is 11.4. The highest BCUT2D eigenvalue weighted by atomic mass is 35.5. The Labute approximate surface area is 130 Å². The second-order valence-electron chi connectivity index (χ2n) is 6.96. The van der Waals surface area contributed by atoms with Gasteiger partial charge >= 0.3 is 0 Å². The third kappa shape index (κ3) is 2.13. The summed E-state index contributed by atoms with van der Waals surface area (Å²) in [6, 6.07) is 6.06. The van der Waals surface area contributed by atoms with Crippen LogP contribution in [0.15, 0.2) is 18.2 Å². The van der Waals surface area contributed by atoms with Gasteiger partial charge in [-0.1, -0.05) is 18.0 Å². The number of fused-ring (bicyclic) bond motifs is 5. The van der Waals surface area contributed by atoms with Crippen molar-refractivity contribution in [2.75, 3.05) is 5.32 Å². The highest BCUT2D eigenvalue weighted by Crippen LogP contribution is 2.59. The molecule has 0 aromatic heterocycles. The summed E-state index contributed by atoms with van der Waals surface area (Å²) in [6.45, 7) is 0. The molecule has 1 amide bonds. The molecule has 0 aliphatic heterocycles. The van der Waals surface area contributed by atoms with Crippen molar-refractivity contribution in [2.45, 2.75) is 38.1 Å². The fourth-order valence-corrected chi connectivity index (χ4v) is 5.46. The highest BCUT2D eigenvalue weighted by Gasteiger charge is 2.53. The molecular formula is C17H21ClN2O. The summed E-state index contributed by atoms with van der Waals surface area (Å²) in [5.74, 6) is 3.20. The van der Waals surface area contributed by atoms with Crippen molar-refractivity contribution in [1.29, 1.82) is 0 Å². The van der Waals surface area contributed by atoms with E-state index in [4.69, 9.17) is 17.3 Å². The van der Waals surface area contributed by atoms with E-state index in [9.17, 15) is 4.79 Å². The van der Waals surface area contributed by atoms with Crippen LogP contribution in [0.25, 0.3) is 0 Å². The lowest BCUT2D eigenvalue weighted by molar-refractivity contribution is 0.100. The van der Waals surface area contributed by atoms with E-state index in [0.717, 1.165) is 29.4 Å². The first kappa shape index (κ1) is 13.4. The fourth-order valence-electron chi connectivity index (χ4n) is 5.25. The maximum Gasteiger partial charge on any atom is 0.250 e. The SMILES string of the molecule is NC(=O)c1cc(NC2CC3CC2C2CCCC32)ccc1Cl. The molecule has 2 bridgehead atoms. The molecule has 3 saturated carbocycles. The van der Waals surface area contributed by atoms with Crippen molar-refractivity contribution in [2.24, 2.45) is 29.4 Å². The molecule has 4 rings (SSSR count). The Morgan fingerprint density at radius 3 is 2.81 bits per heavy atom. The average molecular weight is 305 g/mol. The Bertz CT molecular complexity index is 588. The molecule has 1 aromatic rings. The number of amides is 1. The van der Waals surface area contributed by atoms with Gasteiger partial charge in [-0.3, -0.25) is 4.79 Å². The number of halogens is 1. The second-order valence-corrected chi connectivity index (χ2v) is 7.37. The van der Waals surface area contributed by atoms with Crippen LogP contribution in [0.4, 0.5) is 5.69 Å². The van der Waals surface area contributed by atoms with Gasteiger partial charge in [-0.05, 0) is 67.6 Å². The van der Waals surface area contributed by atoms with Gasteiger partial charge in [0, 0.05) is 11.7 Å². The van der Waals surface area contributed by atoms with Crippen molar-refractivity contribution >= 4 is 23.2 Å². The largest absolute Gasteiger partial charge is 0.382 e. The van der Waals surface area contributed by atoms with E-state index in [1.54, 1.807) is 12.1 Å². The minimum absolute atomic E-state index is 0.406. The molecule has 21 heavy (non-hydrogen) atoms. The lowest BCUT2D eigenvalue weighted by Gasteiger charge is -2.32. The molecule has 3 N–H and O–H groups in total. The van der Waals surface area contributed by atoms with Crippen molar-refractivity contribution in [3.63, 3.8) is 0 Å². The van der Waals surface area contributed by atoms with Gasteiger partial charge in [-0.25, -0.2) is 0 Å². The van der Waals surface area contributed by atoms with Gasteiger partial charge in [-0.2, -0.15) is 0 Å². The van der Waals surface area contributed by atoms with Crippen molar-refractivity contribution in [1.82, 2.24) is 0 Å². The Morgan fingerprint density at radius 2 is 2.00 bits per heavy atom. The number of benzene rings is 1. The summed E-state index contributed by atoms with van der Waals surface area (Å²) >= 11 is 6.02. The molecule has 3 fully saturated rings. The van der Waals surface area contributed by atoms with Crippen LogP contribution in [0.5, 0.6) is 0 Å². The van der Waals surface area contributed by atoms with E-state index < -0.39 is 5.91 Å². The quantitative estimate of drug-likeness (QED) is 0.895. The molecule has 3 aliphatic carbocycles. The monoisotopic (exact) mass is 304 g/mol. The Balaban J connectivity index is 1.52. The first-order valence-corrected chi connectivity index (χ1v) is 8.37. The summed E-state index contributed by atoms with van der Waals surface area (Å²) in [5, 5.41) is 4.07. The van der Waals surface area contributed by atoms with Crippen LogP contribution in [0, 0.1) is 23.7 Å². The number of rotatable bonds is 3. The van der Waals surface area contributed by atoms with E-state index in [-0.39, 0.29) is 0 Å². The molecule has 0 heterocycles. The van der Waals surface area contributed by atoms with Crippen LogP contribution >= 0.6 is 11.6 Å². The van der Waals surface area contributed by atoms with E-state index in [0.29, 0.717) is 16.6 Å².